The van der Waals surface area contributed by atoms with Gasteiger partial charge in [0.25, 0.3) is 0 Å². The molecule has 22 heavy (non-hydrogen) atoms. The Balaban J connectivity index is 2.23. The average molecular weight is 310 g/mol. The van der Waals surface area contributed by atoms with E-state index in [2.05, 4.69) is 10.5 Å². The Morgan fingerprint density at radius 3 is 2.64 bits per heavy atom. The first-order valence-electron chi connectivity index (χ1n) is 6.04. The quantitative estimate of drug-likeness (QED) is 0.644. The second-order valence-corrected chi connectivity index (χ2v) is 4.45. The van der Waals surface area contributed by atoms with Gasteiger partial charge in [-0.25, -0.2) is 0 Å². The maximum Gasteiger partial charge on any atom is 0.425 e. The van der Waals surface area contributed by atoms with Crippen LogP contribution in [-0.2, 0) is 0 Å². The van der Waals surface area contributed by atoms with Crippen LogP contribution in [0, 0.1) is 22.7 Å². The number of alkyl halides is 3. The first kappa shape index (κ1) is 15.6. The third-order valence-corrected chi connectivity index (χ3v) is 2.95. The van der Waals surface area contributed by atoms with Gasteiger partial charge < -0.3 is 9.84 Å². The van der Waals surface area contributed by atoms with Crippen molar-refractivity contribution in [3.05, 3.63) is 23.8 Å². The fourth-order valence-electron chi connectivity index (χ4n) is 1.91. The summed E-state index contributed by atoms with van der Waals surface area (Å²) in [6, 6.07) is 7.05. The van der Waals surface area contributed by atoms with Gasteiger partial charge in [-0.3, -0.25) is 5.43 Å². The molecule has 2 atom stereocenters. The van der Waals surface area contributed by atoms with E-state index in [4.69, 9.17) is 15.3 Å². The Hall–Kier alpha value is -2.78. The molecule has 0 radical (unpaired) electrons. The van der Waals surface area contributed by atoms with Crippen LogP contribution in [0.2, 0.25) is 0 Å². The van der Waals surface area contributed by atoms with Gasteiger partial charge in [0.15, 0.2) is 6.10 Å². The summed E-state index contributed by atoms with van der Waals surface area (Å²) in [7, 11) is 0. The number of hydrogen-bond acceptors (Lipinski definition) is 6. The Labute approximate surface area is 123 Å². The Morgan fingerprint density at radius 1 is 1.36 bits per heavy atom. The molecule has 1 aliphatic rings. The zero-order valence-electron chi connectivity index (χ0n) is 10.9. The topological polar surface area (TPSA) is 101 Å². The summed E-state index contributed by atoms with van der Waals surface area (Å²) in [6.45, 7) is 0. The van der Waals surface area contributed by atoms with Gasteiger partial charge in [-0.2, -0.15) is 28.8 Å². The summed E-state index contributed by atoms with van der Waals surface area (Å²) >= 11 is 0. The molecule has 2 unspecified atom stereocenters. The van der Waals surface area contributed by atoms with E-state index in [0.717, 1.165) is 0 Å². The normalized spacial score (nSPS) is 19.9. The van der Waals surface area contributed by atoms with Crippen molar-refractivity contribution < 1.29 is 23.0 Å². The lowest BCUT2D eigenvalue weighted by Gasteiger charge is -2.31. The van der Waals surface area contributed by atoms with E-state index < -0.39 is 30.5 Å². The second kappa shape index (κ2) is 5.92. The van der Waals surface area contributed by atoms with Gasteiger partial charge in [-0.05, 0) is 18.2 Å². The maximum atomic E-state index is 12.6. The Bertz CT molecular complexity index is 672. The molecule has 0 saturated carbocycles. The summed E-state index contributed by atoms with van der Waals surface area (Å²) in [5.41, 5.74) is 2.48. The zero-order chi connectivity index (χ0) is 16.3. The number of fused-ring (bicyclic) bond motifs is 1. The molecule has 1 aromatic rings. The van der Waals surface area contributed by atoms with Gasteiger partial charge in [0.1, 0.15) is 17.9 Å². The largest absolute Gasteiger partial charge is 0.480 e. The predicted molar refractivity (Wildman–Crippen MR) is 68.8 cm³/mol. The summed E-state index contributed by atoms with van der Waals surface area (Å²) < 4.78 is 42.8. The highest BCUT2D eigenvalue weighted by atomic mass is 19.4. The van der Waals surface area contributed by atoms with Gasteiger partial charge in [-0.15, -0.1) is 0 Å². The summed E-state index contributed by atoms with van der Waals surface area (Å²) in [5, 5.41) is 30.4. The lowest BCUT2D eigenvalue weighted by molar-refractivity contribution is -0.207. The van der Waals surface area contributed by atoms with Gasteiger partial charge in [0, 0.05) is 12.0 Å². The molecule has 114 valence electrons. The van der Waals surface area contributed by atoms with Crippen LogP contribution in [0.5, 0.6) is 5.75 Å². The van der Waals surface area contributed by atoms with Crippen molar-refractivity contribution >= 4 is 11.4 Å². The average Bonchev–Trinajstić information content (AvgIpc) is 2.47. The maximum absolute atomic E-state index is 12.6. The van der Waals surface area contributed by atoms with Crippen molar-refractivity contribution in [1.29, 1.82) is 10.5 Å². The number of hydrazone groups is 1. The van der Waals surface area contributed by atoms with Gasteiger partial charge >= 0.3 is 6.18 Å². The molecule has 0 saturated heterocycles. The lowest BCUT2D eigenvalue weighted by atomic mass is 9.98. The summed E-state index contributed by atoms with van der Waals surface area (Å²) in [4.78, 5) is 0. The van der Waals surface area contributed by atoms with Gasteiger partial charge in [-0.1, -0.05) is 0 Å². The molecule has 6 nitrogen and oxygen atoms in total. The van der Waals surface area contributed by atoms with Crippen LogP contribution >= 0.6 is 0 Å². The van der Waals surface area contributed by atoms with Crippen LogP contribution in [0.3, 0.4) is 0 Å². The van der Waals surface area contributed by atoms with Crippen molar-refractivity contribution in [2.45, 2.75) is 24.8 Å². The van der Waals surface area contributed by atoms with Crippen molar-refractivity contribution in [3.8, 4) is 17.9 Å². The molecular weight excluding hydrogens is 301 g/mol. The van der Waals surface area contributed by atoms with Crippen LogP contribution in [0.1, 0.15) is 18.1 Å². The molecule has 1 heterocycles. The van der Waals surface area contributed by atoms with E-state index in [9.17, 15) is 18.3 Å². The first-order chi connectivity index (χ1) is 10.3. The third kappa shape index (κ3) is 3.27. The predicted octanol–water partition coefficient (Wildman–Crippen LogP) is 2.25. The molecule has 2 rings (SSSR count). The fraction of sp³-hybridized carbons (Fsp3) is 0.308. The lowest BCUT2D eigenvalue weighted by Crippen LogP contribution is -2.38. The summed E-state index contributed by atoms with van der Waals surface area (Å²) in [6.07, 6.45) is -8.57. The number of benzene rings is 1. The highest BCUT2D eigenvalue weighted by Crippen LogP contribution is 2.41. The highest BCUT2D eigenvalue weighted by molar-refractivity contribution is 6.10. The van der Waals surface area contributed by atoms with Gasteiger partial charge in [0.05, 0.1) is 11.8 Å². The van der Waals surface area contributed by atoms with E-state index in [1.807, 2.05) is 0 Å². The highest BCUT2D eigenvalue weighted by Gasteiger charge is 2.45. The van der Waals surface area contributed by atoms with E-state index >= 15 is 0 Å². The number of aliphatic hydroxyl groups is 1. The van der Waals surface area contributed by atoms with E-state index in [1.54, 1.807) is 12.1 Å². The molecule has 1 aliphatic heterocycles. The summed E-state index contributed by atoms with van der Waals surface area (Å²) in [5.74, 6) is -0.0728. The molecule has 0 fully saturated rings. The number of nitriles is 2. The molecular formula is C13H9F3N4O2. The zero-order valence-corrected chi connectivity index (χ0v) is 10.9. The minimum absolute atomic E-state index is 0.0728. The molecule has 0 aliphatic carbocycles. The van der Waals surface area contributed by atoms with Crippen LogP contribution in [0.25, 0.3) is 0 Å². The van der Waals surface area contributed by atoms with Crippen LogP contribution in [-0.4, -0.2) is 23.1 Å². The smallest absolute Gasteiger partial charge is 0.425 e. The molecule has 2 N–H and O–H groups in total. The number of nitrogens with one attached hydrogen (secondary N) is 1. The standard InChI is InChI=1S/C13H9F3N4O2/c14-13(15,16)12-4-10(21)9-3-7(1-2-11(9)22-12)19-20-8(5-17)6-18/h1-3,10,12,19,21H,4H2. The minimum atomic E-state index is -4.56. The third-order valence-electron chi connectivity index (χ3n) is 2.95. The monoisotopic (exact) mass is 310 g/mol. The van der Waals surface area contributed by atoms with E-state index in [0.29, 0.717) is 5.69 Å². The van der Waals surface area contributed by atoms with Crippen LogP contribution in [0.15, 0.2) is 23.3 Å². The number of anilines is 1. The molecule has 9 heteroatoms. The van der Waals surface area contributed by atoms with E-state index in [-0.39, 0.29) is 11.3 Å². The molecule has 0 spiro atoms. The van der Waals surface area contributed by atoms with Crippen molar-refractivity contribution in [2.75, 3.05) is 5.43 Å². The molecule has 1 aromatic carbocycles. The number of ether oxygens (including phenoxy) is 1. The number of nitrogens with zero attached hydrogens (tertiary/aromatic N) is 3. The van der Waals surface area contributed by atoms with Crippen LogP contribution < -0.4 is 10.2 Å². The Morgan fingerprint density at radius 2 is 2.05 bits per heavy atom. The number of rotatable bonds is 2. The first-order valence-corrected chi connectivity index (χ1v) is 6.04. The molecule has 0 amide bonds. The number of halogens is 3. The van der Waals surface area contributed by atoms with E-state index in [1.165, 1.54) is 18.2 Å². The van der Waals surface area contributed by atoms with Gasteiger partial charge in [0.2, 0.25) is 5.71 Å². The molecule has 0 aromatic heterocycles. The second-order valence-electron chi connectivity index (χ2n) is 4.45. The van der Waals surface area contributed by atoms with Crippen LogP contribution in [0.4, 0.5) is 18.9 Å². The molecule has 0 bridgehead atoms. The minimum Gasteiger partial charge on any atom is -0.480 e. The van der Waals surface area contributed by atoms with Crippen molar-refractivity contribution in [2.24, 2.45) is 5.10 Å². The van der Waals surface area contributed by atoms with Crippen molar-refractivity contribution in [1.82, 2.24) is 0 Å². The Kier molecular flexibility index (Phi) is 4.20. The van der Waals surface area contributed by atoms with Crippen molar-refractivity contribution in [3.63, 3.8) is 0 Å². The number of aliphatic hydroxyl groups excluding tert-OH is 1. The number of hydrogen-bond donors (Lipinski definition) is 2. The fourth-order valence-corrected chi connectivity index (χ4v) is 1.91. The SMILES string of the molecule is N#CC(C#N)=NNc1ccc2c(c1)C(O)CC(C(F)(F)F)O2.